The third kappa shape index (κ3) is 16.3. The van der Waals surface area contributed by atoms with Crippen molar-refractivity contribution < 1.29 is 29.6 Å². The number of alkyl halides is 1. The van der Waals surface area contributed by atoms with E-state index < -0.39 is 11.9 Å². The first kappa shape index (κ1) is 25.4. The van der Waals surface area contributed by atoms with Crippen LogP contribution in [0.2, 0.25) is 0 Å². The first-order valence-corrected chi connectivity index (χ1v) is 10.3. The summed E-state index contributed by atoms with van der Waals surface area (Å²) in [6.45, 7) is 0.205. The predicted octanol–water partition coefficient (Wildman–Crippen LogP) is 5.31. The summed E-state index contributed by atoms with van der Waals surface area (Å²) in [4.78, 5) is 19.7. The Bertz CT molecular complexity index is 654. The number of aromatic hydroxyl groups is 1. The predicted molar refractivity (Wildman–Crippen MR) is 114 cm³/mol. The van der Waals surface area contributed by atoms with Gasteiger partial charge in [-0.2, -0.15) is 0 Å². The first-order chi connectivity index (χ1) is 12.7. The zero-order valence-electron chi connectivity index (χ0n) is 14.1. The van der Waals surface area contributed by atoms with Crippen LogP contribution in [-0.2, 0) is 9.59 Å². The minimum absolute atomic E-state index is 0.0239. The minimum Gasteiger partial charge on any atom is -0.508 e. The number of halogens is 3. The van der Waals surface area contributed by atoms with Crippen LogP contribution in [0.1, 0.15) is 12.8 Å². The highest BCUT2D eigenvalue weighted by molar-refractivity contribution is 9.10. The summed E-state index contributed by atoms with van der Waals surface area (Å²) in [5.74, 6) is -0.623. The van der Waals surface area contributed by atoms with Crippen LogP contribution in [0, 0.1) is 0 Å². The van der Waals surface area contributed by atoms with E-state index in [0.29, 0.717) is 16.8 Å². The Morgan fingerprint density at radius 1 is 0.815 bits per heavy atom. The van der Waals surface area contributed by atoms with E-state index in [1.165, 1.54) is 0 Å². The SMILES string of the molecule is O=C(O)CCBr.O=C(O)CCOc1ccc(Br)cc1.Oc1ccc(Br)cc1. The molecule has 27 heavy (non-hydrogen) atoms. The van der Waals surface area contributed by atoms with Gasteiger partial charge in [0, 0.05) is 14.3 Å². The number of carboxylic acid groups (broad SMARTS) is 2. The number of carboxylic acids is 2. The van der Waals surface area contributed by atoms with Gasteiger partial charge in [0.15, 0.2) is 0 Å². The van der Waals surface area contributed by atoms with Gasteiger partial charge < -0.3 is 20.1 Å². The molecule has 0 heterocycles. The Labute approximate surface area is 182 Å². The molecule has 3 N–H and O–H groups in total. The zero-order chi connectivity index (χ0) is 20.7. The monoisotopic (exact) mass is 568 g/mol. The van der Waals surface area contributed by atoms with Crippen molar-refractivity contribution in [3.63, 3.8) is 0 Å². The summed E-state index contributed by atoms with van der Waals surface area (Å²) in [6, 6.07) is 14.1. The molecule has 2 aromatic rings. The number of ether oxygens (including phenoxy) is 1. The van der Waals surface area contributed by atoms with E-state index in [9.17, 15) is 9.59 Å². The number of hydrogen-bond acceptors (Lipinski definition) is 4. The quantitative estimate of drug-likeness (QED) is 0.407. The maximum atomic E-state index is 10.2. The molecule has 0 saturated carbocycles. The number of carbonyl (C=O) groups is 2. The van der Waals surface area contributed by atoms with Crippen LogP contribution in [0.5, 0.6) is 11.5 Å². The van der Waals surface area contributed by atoms with Crippen molar-refractivity contribution in [1.82, 2.24) is 0 Å². The van der Waals surface area contributed by atoms with Crippen LogP contribution in [-0.4, -0.2) is 39.2 Å². The van der Waals surface area contributed by atoms with Crippen LogP contribution in [0.25, 0.3) is 0 Å². The minimum atomic E-state index is -0.850. The van der Waals surface area contributed by atoms with E-state index in [1.54, 1.807) is 36.4 Å². The van der Waals surface area contributed by atoms with Crippen molar-refractivity contribution in [2.24, 2.45) is 0 Å². The lowest BCUT2D eigenvalue weighted by atomic mass is 10.3. The summed E-state index contributed by atoms with van der Waals surface area (Å²) in [6.07, 6.45) is 0.232. The molecule has 0 aliphatic carbocycles. The molecular formula is C18H19Br3O6. The Morgan fingerprint density at radius 2 is 1.26 bits per heavy atom. The van der Waals surface area contributed by atoms with Gasteiger partial charge in [0.1, 0.15) is 11.5 Å². The molecule has 0 saturated heterocycles. The van der Waals surface area contributed by atoms with Crippen molar-refractivity contribution >= 4 is 59.7 Å². The molecule has 0 aliphatic rings. The van der Waals surface area contributed by atoms with Crippen LogP contribution in [0.3, 0.4) is 0 Å². The molecule has 0 fully saturated rings. The van der Waals surface area contributed by atoms with Crippen LogP contribution in [0.15, 0.2) is 57.5 Å². The molecule has 9 heteroatoms. The van der Waals surface area contributed by atoms with Crippen LogP contribution < -0.4 is 4.74 Å². The maximum Gasteiger partial charge on any atom is 0.306 e. The number of aliphatic carboxylic acids is 2. The smallest absolute Gasteiger partial charge is 0.306 e. The molecule has 0 spiro atoms. The molecule has 2 aromatic carbocycles. The summed E-state index contributed by atoms with van der Waals surface area (Å²) < 4.78 is 7.12. The van der Waals surface area contributed by atoms with E-state index in [0.717, 1.165) is 8.95 Å². The van der Waals surface area contributed by atoms with E-state index in [2.05, 4.69) is 47.8 Å². The topological polar surface area (TPSA) is 104 Å². The molecule has 148 valence electrons. The average Bonchev–Trinajstić information content (AvgIpc) is 2.60. The Morgan fingerprint density at radius 3 is 1.59 bits per heavy atom. The highest BCUT2D eigenvalue weighted by Crippen LogP contribution is 2.16. The van der Waals surface area contributed by atoms with Crippen LogP contribution >= 0.6 is 47.8 Å². The highest BCUT2D eigenvalue weighted by Gasteiger charge is 1.97. The molecule has 0 amide bonds. The summed E-state index contributed by atoms with van der Waals surface area (Å²) in [5, 5.41) is 25.5. The van der Waals surface area contributed by atoms with Crippen molar-refractivity contribution in [1.29, 1.82) is 0 Å². The fourth-order valence-corrected chi connectivity index (χ4v) is 2.18. The number of rotatable bonds is 6. The van der Waals surface area contributed by atoms with Gasteiger partial charge in [-0.1, -0.05) is 47.8 Å². The molecule has 0 unspecified atom stereocenters. The number of hydrogen-bond donors (Lipinski definition) is 3. The fraction of sp³-hybridized carbons (Fsp3) is 0.222. The Balaban J connectivity index is 0.000000413. The largest absolute Gasteiger partial charge is 0.508 e. The molecule has 2 rings (SSSR count). The average molecular weight is 571 g/mol. The summed E-state index contributed by atoms with van der Waals surface area (Å²) in [5.41, 5.74) is 0. The van der Waals surface area contributed by atoms with E-state index in [4.69, 9.17) is 20.1 Å². The second-order valence-electron chi connectivity index (χ2n) is 4.76. The summed E-state index contributed by atoms with van der Waals surface area (Å²) in [7, 11) is 0. The van der Waals surface area contributed by atoms with Gasteiger partial charge in [-0.25, -0.2) is 0 Å². The van der Waals surface area contributed by atoms with Gasteiger partial charge in [0.05, 0.1) is 19.4 Å². The number of phenolic OH excluding ortho intramolecular Hbond substituents is 1. The van der Waals surface area contributed by atoms with Crippen molar-refractivity contribution in [3.05, 3.63) is 57.5 Å². The first-order valence-electron chi connectivity index (χ1n) is 7.57. The van der Waals surface area contributed by atoms with Crippen molar-refractivity contribution in [3.8, 4) is 11.5 Å². The fourth-order valence-electron chi connectivity index (χ4n) is 1.31. The van der Waals surface area contributed by atoms with E-state index in [-0.39, 0.29) is 19.4 Å². The Kier molecular flexibility index (Phi) is 14.6. The highest BCUT2D eigenvalue weighted by atomic mass is 79.9. The van der Waals surface area contributed by atoms with Crippen molar-refractivity contribution in [2.75, 3.05) is 11.9 Å². The lowest BCUT2D eigenvalue weighted by Crippen LogP contribution is -2.04. The molecule has 0 aliphatic heterocycles. The van der Waals surface area contributed by atoms with Gasteiger partial charge in [0.25, 0.3) is 0 Å². The molecule has 0 aromatic heterocycles. The van der Waals surface area contributed by atoms with Gasteiger partial charge in [-0.05, 0) is 48.5 Å². The molecule has 6 nitrogen and oxygen atoms in total. The third-order valence-corrected chi connectivity index (χ3v) is 3.99. The normalized spacial score (nSPS) is 9.15. The van der Waals surface area contributed by atoms with E-state index >= 15 is 0 Å². The Hall–Kier alpha value is -1.58. The van der Waals surface area contributed by atoms with Gasteiger partial charge >= 0.3 is 11.9 Å². The third-order valence-electron chi connectivity index (χ3n) is 2.53. The van der Waals surface area contributed by atoms with Gasteiger partial charge in [-0.3, -0.25) is 9.59 Å². The molecule has 0 bridgehead atoms. The van der Waals surface area contributed by atoms with E-state index in [1.807, 2.05) is 12.1 Å². The van der Waals surface area contributed by atoms with Gasteiger partial charge in [0.2, 0.25) is 0 Å². The lowest BCUT2D eigenvalue weighted by Gasteiger charge is -2.03. The second-order valence-corrected chi connectivity index (χ2v) is 7.38. The second kappa shape index (κ2) is 15.5. The van der Waals surface area contributed by atoms with Crippen LogP contribution in [0.4, 0.5) is 0 Å². The lowest BCUT2D eigenvalue weighted by molar-refractivity contribution is -0.138. The summed E-state index contributed by atoms with van der Waals surface area (Å²) >= 11 is 9.49. The molecule has 0 radical (unpaired) electrons. The maximum absolute atomic E-state index is 10.2. The zero-order valence-corrected chi connectivity index (χ0v) is 18.9. The van der Waals surface area contributed by atoms with Crippen molar-refractivity contribution in [2.45, 2.75) is 12.8 Å². The molecule has 0 atom stereocenters. The number of phenols is 1. The standard InChI is InChI=1S/C9H9BrO3.C6H5BrO.C3H5BrO2/c10-7-1-3-8(4-2-7)13-6-5-9(11)12;7-5-1-3-6(8)4-2-5;4-2-1-3(5)6/h1-4H,5-6H2,(H,11,12);1-4,8H;1-2H2,(H,5,6). The molecular weight excluding hydrogens is 552 g/mol. The number of benzene rings is 2. The van der Waals surface area contributed by atoms with Gasteiger partial charge in [-0.15, -0.1) is 0 Å².